The van der Waals surface area contributed by atoms with Gasteiger partial charge in [0.15, 0.2) is 0 Å². The first kappa shape index (κ1) is 24.5. The number of esters is 1. The Morgan fingerprint density at radius 1 is 1.06 bits per heavy atom. The highest BCUT2D eigenvalue weighted by Crippen LogP contribution is 2.19. The normalized spacial score (nSPS) is 10.8. The Balaban J connectivity index is 2.08. The molecule has 0 heterocycles. The van der Waals surface area contributed by atoms with Gasteiger partial charge in [0.05, 0.1) is 17.9 Å². The fourth-order valence-electron chi connectivity index (χ4n) is 3.01. The first-order chi connectivity index (χ1) is 15.5. The number of para-hydroxylation sites is 1. The lowest BCUT2D eigenvalue weighted by Crippen LogP contribution is -2.21. The number of nitrogens with one attached hydrogen (secondary N) is 2. The molecule has 0 aliphatic rings. The van der Waals surface area contributed by atoms with Crippen LogP contribution in [-0.2, 0) is 9.53 Å². The minimum absolute atomic E-state index is 0.119. The number of rotatable bonds is 11. The Bertz CT molecular complexity index is 973. The highest BCUT2D eigenvalue weighted by Gasteiger charge is 2.16. The fourth-order valence-corrected chi connectivity index (χ4v) is 3.01. The molecule has 0 aromatic heterocycles. The topological polar surface area (TPSA) is 94.5 Å². The maximum absolute atomic E-state index is 12.6. The molecule has 0 spiro atoms. The third kappa shape index (κ3) is 6.88. The average Bonchev–Trinajstić information content (AvgIpc) is 2.81. The van der Waals surface area contributed by atoms with E-state index in [4.69, 9.17) is 4.74 Å². The molecule has 32 heavy (non-hydrogen) atoms. The predicted octanol–water partition coefficient (Wildman–Crippen LogP) is 4.95. The molecule has 0 unspecified atom stereocenters. The smallest absolute Gasteiger partial charge is 0.340 e. The second-order valence-corrected chi connectivity index (χ2v) is 7.02. The van der Waals surface area contributed by atoms with Gasteiger partial charge in [0.2, 0.25) is 0 Å². The summed E-state index contributed by atoms with van der Waals surface area (Å²) in [7, 11) is 0. The lowest BCUT2D eigenvalue weighted by Gasteiger charge is -2.21. The van der Waals surface area contributed by atoms with Crippen LogP contribution < -0.4 is 15.5 Å². The van der Waals surface area contributed by atoms with Gasteiger partial charge in [-0.05, 0) is 56.7 Å². The third-order valence-corrected chi connectivity index (χ3v) is 4.87. The number of hydrogen-bond donors (Lipinski definition) is 2. The van der Waals surface area contributed by atoms with Crippen molar-refractivity contribution in [3.63, 3.8) is 0 Å². The van der Waals surface area contributed by atoms with Crippen molar-refractivity contribution < 1.29 is 14.3 Å². The van der Waals surface area contributed by atoms with Crippen LogP contribution >= 0.6 is 0 Å². The van der Waals surface area contributed by atoms with Gasteiger partial charge in [-0.15, -0.1) is 0 Å². The third-order valence-electron chi connectivity index (χ3n) is 4.87. The number of hydrogen-bond acceptors (Lipinski definition) is 6. The molecule has 0 bridgehead atoms. The molecule has 0 radical (unpaired) electrons. The zero-order valence-corrected chi connectivity index (χ0v) is 18.9. The van der Waals surface area contributed by atoms with Gasteiger partial charge in [-0.1, -0.05) is 25.5 Å². The number of ether oxygens (including phenoxy) is 1. The molecule has 0 atom stereocenters. The molecule has 168 valence electrons. The first-order valence-electron chi connectivity index (χ1n) is 10.8. The molecule has 0 aliphatic heterocycles. The van der Waals surface area contributed by atoms with Crippen molar-refractivity contribution in [2.75, 3.05) is 35.2 Å². The van der Waals surface area contributed by atoms with E-state index in [1.54, 1.807) is 24.3 Å². The number of nitriles is 1. The van der Waals surface area contributed by atoms with Crippen molar-refractivity contribution in [1.29, 1.82) is 5.26 Å². The Morgan fingerprint density at radius 2 is 1.75 bits per heavy atom. The van der Waals surface area contributed by atoms with Crippen molar-refractivity contribution in [3.8, 4) is 6.07 Å². The highest BCUT2D eigenvalue weighted by molar-refractivity contribution is 6.09. The van der Waals surface area contributed by atoms with E-state index in [0.717, 1.165) is 37.3 Å². The molecule has 0 aliphatic carbocycles. The maximum atomic E-state index is 12.6. The molecule has 7 heteroatoms. The molecule has 2 aromatic carbocycles. The summed E-state index contributed by atoms with van der Waals surface area (Å²) in [5.41, 5.74) is 2.27. The van der Waals surface area contributed by atoms with Gasteiger partial charge in [0.25, 0.3) is 5.91 Å². The summed E-state index contributed by atoms with van der Waals surface area (Å²) < 4.78 is 5.24. The largest absolute Gasteiger partial charge is 0.462 e. The summed E-state index contributed by atoms with van der Waals surface area (Å²) in [6.45, 7) is 8.34. The van der Waals surface area contributed by atoms with E-state index in [0.29, 0.717) is 12.3 Å². The quantitative estimate of drug-likeness (QED) is 0.225. The fraction of sp³-hybridized carbons (Fsp3) is 0.320. The molecular formula is C25H30N4O3. The predicted molar refractivity (Wildman–Crippen MR) is 128 cm³/mol. The number of nitrogens with zero attached hydrogens (tertiary/aromatic N) is 2. The summed E-state index contributed by atoms with van der Waals surface area (Å²) in [6, 6.07) is 16.2. The number of carbonyl (C=O) groups excluding carboxylic acids is 2. The molecular weight excluding hydrogens is 404 g/mol. The standard InChI is InChI=1S/C25H30N4O3/c1-4-7-16-32-25(31)22-10-8-9-11-23(22)28-24(30)19(17-26)18-27-20-12-14-21(15-13-20)29(5-2)6-3/h8-15,18,27H,4-7,16H2,1-3H3,(H,28,30)/b19-18-. The van der Waals surface area contributed by atoms with E-state index in [1.807, 2.05) is 37.3 Å². The van der Waals surface area contributed by atoms with Gasteiger partial charge in [-0.25, -0.2) is 4.79 Å². The molecule has 7 nitrogen and oxygen atoms in total. The summed E-state index contributed by atoms with van der Waals surface area (Å²) >= 11 is 0. The van der Waals surface area contributed by atoms with E-state index in [9.17, 15) is 14.9 Å². The van der Waals surface area contributed by atoms with E-state index < -0.39 is 11.9 Å². The maximum Gasteiger partial charge on any atom is 0.340 e. The van der Waals surface area contributed by atoms with Crippen LogP contribution in [0.4, 0.5) is 17.1 Å². The van der Waals surface area contributed by atoms with Crippen molar-refractivity contribution in [2.45, 2.75) is 33.6 Å². The summed E-state index contributed by atoms with van der Waals surface area (Å²) in [5, 5.41) is 15.0. The van der Waals surface area contributed by atoms with Crippen LogP contribution in [0.15, 0.2) is 60.3 Å². The summed E-state index contributed by atoms with van der Waals surface area (Å²) in [6.07, 6.45) is 3.03. The molecule has 1 amide bonds. The van der Waals surface area contributed by atoms with Crippen LogP contribution in [0.1, 0.15) is 44.0 Å². The van der Waals surface area contributed by atoms with Crippen molar-refractivity contribution in [1.82, 2.24) is 0 Å². The van der Waals surface area contributed by atoms with E-state index in [2.05, 4.69) is 29.4 Å². The molecule has 2 N–H and O–H groups in total. The van der Waals surface area contributed by atoms with Gasteiger partial charge in [-0.2, -0.15) is 5.26 Å². The van der Waals surface area contributed by atoms with Crippen LogP contribution in [0.2, 0.25) is 0 Å². The van der Waals surface area contributed by atoms with Gasteiger partial charge in [0, 0.05) is 30.7 Å². The van der Waals surface area contributed by atoms with Gasteiger partial charge in [0.1, 0.15) is 11.6 Å². The lowest BCUT2D eigenvalue weighted by molar-refractivity contribution is -0.112. The Labute approximate surface area is 189 Å². The van der Waals surface area contributed by atoms with E-state index in [-0.39, 0.29) is 11.1 Å². The second-order valence-electron chi connectivity index (χ2n) is 7.02. The minimum Gasteiger partial charge on any atom is -0.462 e. The monoisotopic (exact) mass is 434 g/mol. The van der Waals surface area contributed by atoms with Crippen LogP contribution in [0.3, 0.4) is 0 Å². The zero-order valence-electron chi connectivity index (χ0n) is 18.9. The molecule has 0 saturated carbocycles. The number of benzene rings is 2. The Hall–Kier alpha value is -3.79. The van der Waals surface area contributed by atoms with Crippen LogP contribution in [0.5, 0.6) is 0 Å². The van der Waals surface area contributed by atoms with Crippen molar-refractivity contribution in [2.24, 2.45) is 0 Å². The molecule has 2 aromatic rings. The Morgan fingerprint density at radius 3 is 2.38 bits per heavy atom. The van der Waals surface area contributed by atoms with E-state index >= 15 is 0 Å². The van der Waals surface area contributed by atoms with Gasteiger partial charge in [-0.3, -0.25) is 4.79 Å². The molecule has 0 fully saturated rings. The number of anilines is 3. The zero-order chi connectivity index (χ0) is 23.3. The van der Waals surface area contributed by atoms with Crippen LogP contribution in [0, 0.1) is 11.3 Å². The minimum atomic E-state index is -0.617. The Kier molecular flexibility index (Phi) is 9.79. The summed E-state index contributed by atoms with van der Waals surface area (Å²) in [4.78, 5) is 27.2. The lowest BCUT2D eigenvalue weighted by atomic mass is 10.1. The summed E-state index contributed by atoms with van der Waals surface area (Å²) in [5.74, 6) is -1.13. The second kappa shape index (κ2) is 12.8. The van der Waals surface area contributed by atoms with Crippen LogP contribution in [-0.4, -0.2) is 31.6 Å². The SMILES string of the molecule is CCCCOC(=O)c1ccccc1NC(=O)/C(C#N)=C\Nc1ccc(N(CC)CC)cc1. The van der Waals surface area contributed by atoms with Gasteiger partial charge >= 0.3 is 5.97 Å². The van der Waals surface area contributed by atoms with Crippen LogP contribution in [0.25, 0.3) is 0 Å². The molecule has 2 rings (SSSR count). The first-order valence-corrected chi connectivity index (χ1v) is 10.8. The van der Waals surface area contributed by atoms with Crippen molar-refractivity contribution in [3.05, 3.63) is 65.9 Å². The highest BCUT2D eigenvalue weighted by atomic mass is 16.5. The number of amides is 1. The number of unbranched alkanes of at least 4 members (excludes halogenated alkanes) is 1. The molecule has 0 saturated heterocycles. The van der Waals surface area contributed by atoms with Crippen molar-refractivity contribution >= 4 is 28.9 Å². The van der Waals surface area contributed by atoms with E-state index in [1.165, 1.54) is 6.20 Å². The average molecular weight is 435 g/mol. The van der Waals surface area contributed by atoms with Gasteiger partial charge < -0.3 is 20.3 Å². The number of carbonyl (C=O) groups is 2.